The van der Waals surface area contributed by atoms with Crippen molar-refractivity contribution in [2.24, 2.45) is 5.41 Å². The van der Waals surface area contributed by atoms with E-state index in [9.17, 15) is 0 Å². The number of hydrogen-bond acceptors (Lipinski definition) is 0. The molecule has 0 saturated carbocycles. The van der Waals surface area contributed by atoms with E-state index in [4.69, 9.17) is 0 Å². The van der Waals surface area contributed by atoms with Crippen LogP contribution in [-0.2, 0) is 19.5 Å². The van der Waals surface area contributed by atoms with Crippen molar-refractivity contribution in [1.82, 2.24) is 0 Å². The molecule has 1 aliphatic rings. The van der Waals surface area contributed by atoms with Gasteiger partial charge in [0, 0.05) is 0 Å². The molecule has 0 aromatic rings. The second kappa shape index (κ2) is 8.16. The summed E-state index contributed by atoms with van der Waals surface area (Å²) in [5.41, 5.74) is 4.39. The molecule has 86 valence electrons. The quantitative estimate of drug-likeness (QED) is 0.303. The molecule has 0 aliphatic heterocycles. The fourth-order valence-corrected chi connectivity index (χ4v) is 1.41. The van der Waals surface area contributed by atoms with Crippen LogP contribution in [0.2, 0.25) is 0 Å². The molecule has 0 N–H and O–H groups in total. The van der Waals surface area contributed by atoms with Crippen molar-refractivity contribution in [2.45, 2.75) is 34.6 Å². The van der Waals surface area contributed by atoms with Crippen molar-refractivity contribution in [3.05, 3.63) is 22.8 Å². The molecule has 0 aromatic heterocycles. The fourth-order valence-electron chi connectivity index (χ4n) is 1.41. The van der Waals surface area contributed by atoms with Crippen LogP contribution in [0.5, 0.6) is 0 Å². The first kappa shape index (κ1) is 24.3. The monoisotopic (exact) mass is 343 g/mol. The number of rotatable bonds is 0. The van der Waals surface area contributed by atoms with Gasteiger partial charge in [0.05, 0.1) is 0 Å². The predicted molar refractivity (Wildman–Crippen MR) is 44.6 cm³/mol. The molecule has 0 heterocycles. The average Bonchev–Trinajstić information content (AvgIpc) is 1.95. The molecule has 1 aliphatic carbocycles. The van der Waals surface area contributed by atoms with Gasteiger partial charge in [-0.25, -0.2) is 5.57 Å². The second-order valence-corrected chi connectivity index (χ2v) is 3.62. The Hall–Kier alpha value is 0.973. The average molecular weight is 344 g/mol. The number of allylic oxidation sites excluding steroid dienone is 4. The van der Waals surface area contributed by atoms with Crippen LogP contribution in [-0.4, -0.2) is 0 Å². The van der Waals surface area contributed by atoms with Crippen LogP contribution in [0.25, 0.3) is 0 Å². The Morgan fingerprint density at radius 2 is 1.29 bits per heavy atom. The molecular weight excluding hydrogens is 329 g/mol. The summed E-state index contributed by atoms with van der Waals surface area (Å²) in [4.78, 5) is 0. The van der Waals surface area contributed by atoms with E-state index in [0.29, 0.717) is 0 Å². The first-order chi connectivity index (χ1) is 4.45. The Morgan fingerprint density at radius 1 is 0.929 bits per heavy atom. The summed E-state index contributed by atoms with van der Waals surface area (Å²) < 4.78 is 0. The minimum absolute atomic E-state index is 0. The van der Waals surface area contributed by atoms with Crippen molar-refractivity contribution >= 4 is 0 Å². The molecule has 0 saturated heterocycles. The molecule has 0 atom stereocenters. The fraction of sp³-hybridized carbons (Fsp3) is 0.600. The van der Waals surface area contributed by atoms with Gasteiger partial charge in [0.1, 0.15) is 0 Å². The Bertz CT molecular complexity index is 230. The smallest absolute Gasteiger partial charge is 1.00 e. The van der Waals surface area contributed by atoms with Gasteiger partial charge in [0.2, 0.25) is 0 Å². The van der Waals surface area contributed by atoms with Crippen molar-refractivity contribution < 1.29 is 56.7 Å². The SMILES string of the molecule is CC1=[C-]C(C)(C)C(C)=C1C.[Cl-].[Cl-].[Cl-].[Rh+3]. The van der Waals surface area contributed by atoms with Gasteiger partial charge in [-0.1, -0.05) is 33.1 Å². The zero-order chi connectivity index (χ0) is 7.94. The third kappa shape index (κ3) is 4.66. The predicted octanol–water partition coefficient (Wildman–Crippen LogP) is -5.88. The molecule has 0 aromatic carbocycles. The van der Waals surface area contributed by atoms with Gasteiger partial charge < -0.3 is 37.2 Å². The zero-order valence-corrected chi connectivity index (χ0v) is 12.9. The molecule has 1 rings (SSSR count). The Labute approximate surface area is 119 Å². The normalized spacial score (nSPS) is 16.8. The summed E-state index contributed by atoms with van der Waals surface area (Å²) >= 11 is 0. The summed E-state index contributed by atoms with van der Waals surface area (Å²) in [5, 5.41) is 0. The summed E-state index contributed by atoms with van der Waals surface area (Å²) in [6, 6.07) is 0. The standard InChI is InChI=1S/C10H15.3ClH.Rh/c1-7-6-10(4,5)9(3)8(7)2;;;;/h1-5H3;3*1H;/q-1;;;;+3/p-3. The van der Waals surface area contributed by atoms with E-state index in [-0.39, 0.29) is 62.1 Å². The van der Waals surface area contributed by atoms with Crippen LogP contribution in [0.15, 0.2) is 16.7 Å². The molecule has 0 bridgehead atoms. The third-order valence-electron chi connectivity index (χ3n) is 2.56. The van der Waals surface area contributed by atoms with Crippen LogP contribution >= 0.6 is 0 Å². The van der Waals surface area contributed by atoms with Gasteiger partial charge in [-0.05, 0) is 0 Å². The third-order valence-corrected chi connectivity index (χ3v) is 2.56. The topological polar surface area (TPSA) is 0 Å². The van der Waals surface area contributed by atoms with Crippen LogP contribution in [0.1, 0.15) is 34.6 Å². The van der Waals surface area contributed by atoms with E-state index in [0.717, 1.165) is 0 Å². The molecule has 14 heavy (non-hydrogen) atoms. The van der Waals surface area contributed by atoms with Gasteiger partial charge >= 0.3 is 19.5 Å². The molecule has 0 nitrogen and oxygen atoms in total. The van der Waals surface area contributed by atoms with Crippen molar-refractivity contribution in [1.29, 1.82) is 0 Å². The molecule has 0 spiro atoms. The molecule has 0 radical (unpaired) electrons. The van der Waals surface area contributed by atoms with Crippen LogP contribution in [0.3, 0.4) is 0 Å². The minimum atomic E-state index is 0. The van der Waals surface area contributed by atoms with Crippen molar-refractivity contribution in [2.75, 3.05) is 0 Å². The second-order valence-electron chi connectivity index (χ2n) is 3.62. The molecule has 0 unspecified atom stereocenters. The van der Waals surface area contributed by atoms with Crippen LogP contribution in [0.4, 0.5) is 0 Å². The van der Waals surface area contributed by atoms with E-state index >= 15 is 0 Å². The summed E-state index contributed by atoms with van der Waals surface area (Å²) in [7, 11) is 0. The van der Waals surface area contributed by atoms with Crippen LogP contribution in [0, 0.1) is 11.5 Å². The van der Waals surface area contributed by atoms with Gasteiger partial charge in [0.15, 0.2) is 0 Å². The van der Waals surface area contributed by atoms with Crippen molar-refractivity contribution in [3.8, 4) is 0 Å². The first-order valence-corrected chi connectivity index (χ1v) is 3.75. The Morgan fingerprint density at radius 3 is 1.36 bits per heavy atom. The van der Waals surface area contributed by atoms with Crippen molar-refractivity contribution in [3.63, 3.8) is 0 Å². The van der Waals surface area contributed by atoms with E-state index in [1.54, 1.807) is 0 Å². The van der Waals surface area contributed by atoms with Gasteiger partial charge in [-0.2, -0.15) is 11.1 Å². The molecule has 4 heteroatoms. The van der Waals surface area contributed by atoms with E-state index in [1.165, 1.54) is 16.7 Å². The molecular formula is C10H15Cl3Rh-. The van der Waals surface area contributed by atoms with Gasteiger partial charge in [-0.3, -0.25) is 6.08 Å². The summed E-state index contributed by atoms with van der Waals surface area (Å²) in [5.74, 6) is 0. The first-order valence-electron chi connectivity index (χ1n) is 3.75. The number of halogens is 3. The maximum Gasteiger partial charge on any atom is 3.00 e. The van der Waals surface area contributed by atoms with E-state index in [2.05, 4.69) is 40.7 Å². The zero-order valence-electron chi connectivity index (χ0n) is 8.97. The van der Waals surface area contributed by atoms with Gasteiger partial charge in [-0.15, -0.1) is 6.92 Å². The van der Waals surface area contributed by atoms with E-state index < -0.39 is 0 Å². The van der Waals surface area contributed by atoms with Crippen LogP contribution < -0.4 is 37.2 Å². The van der Waals surface area contributed by atoms with Gasteiger partial charge in [0.25, 0.3) is 0 Å². The number of hydrogen-bond donors (Lipinski definition) is 0. The Kier molecular flexibility index (Phi) is 14.2. The molecule has 0 amide bonds. The maximum absolute atomic E-state index is 3.44. The van der Waals surface area contributed by atoms with E-state index in [1.807, 2.05) is 0 Å². The molecule has 0 fully saturated rings. The Balaban J connectivity index is -0.000000125. The summed E-state index contributed by atoms with van der Waals surface area (Å²) in [6.45, 7) is 10.9. The maximum atomic E-state index is 3.44. The largest absolute Gasteiger partial charge is 3.00 e. The minimum Gasteiger partial charge on any atom is -1.00 e. The summed E-state index contributed by atoms with van der Waals surface area (Å²) in [6.07, 6.45) is 3.44.